The SMILES string of the molecule is CC(C)C[C@@H](NC[C@@H](C)N1CCOCC1)c1ccccn1. The van der Waals surface area contributed by atoms with Gasteiger partial charge in [0.15, 0.2) is 0 Å². The molecule has 4 nitrogen and oxygen atoms in total. The van der Waals surface area contributed by atoms with Crippen LogP contribution in [0.1, 0.15) is 38.9 Å². The number of pyridine rings is 1. The minimum Gasteiger partial charge on any atom is -0.379 e. The molecule has 118 valence electrons. The summed E-state index contributed by atoms with van der Waals surface area (Å²) in [6, 6.07) is 7.05. The van der Waals surface area contributed by atoms with Crippen molar-refractivity contribution in [3.05, 3.63) is 30.1 Å². The first-order valence-electron chi connectivity index (χ1n) is 8.13. The van der Waals surface area contributed by atoms with Crippen LogP contribution in [0.4, 0.5) is 0 Å². The van der Waals surface area contributed by atoms with Crippen LogP contribution in [-0.2, 0) is 4.74 Å². The molecular formula is C17H29N3O. The molecule has 0 radical (unpaired) electrons. The Kier molecular flexibility index (Phi) is 6.61. The lowest BCUT2D eigenvalue weighted by Gasteiger charge is -2.33. The van der Waals surface area contributed by atoms with Crippen molar-refractivity contribution in [1.29, 1.82) is 0 Å². The number of hydrogen-bond acceptors (Lipinski definition) is 4. The van der Waals surface area contributed by atoms with Crippen molar-refractivity contribution in [3.8, 4) is 0 Å². The summed E-state index contributed by atoms with van der Waals surface area (Å²) in [4.78, 5) is 7.03. The smallest absolute Gasteiger partial charge is 0.0594 e. The zero-order valence-electron chi connectivity index (χ0n) is 13.6. The van der Waals surface area contributed by atoms with Gasteiger partial charge in [-0.05, 0) is 31.4 Å². The number of nitrogens with one attached hydrogen (secondary N) is 1. The largest absolute Gasteiger partial charge is 0.379 e. The van der Waals surface area contributed by atoms with Gasteiger partial charge < -0.3 is 10.1 Å². The molecule has 0 bridgehead atoms. The van der Waals surface area contributed by atoms with Gasteiger partial charge in [0.05, 0.1) is 18.9 Å². The van der Waals surface area contributed by atoms with E-state index in [1.165, 1.54) is 0 Å². The average Bonchev–Trinajstić information content (AvgIpc) is 2.52. The fourth-order valence-electron chi connectivity index (χ4n) is 2.82. The molecule has 1 N–H and O–H groups in total. The molecule has 0 amide bonds. The Morgan fingerprint density at radius 2 is 2.00 bits per heavy atom. The van der Waals surface area contributed by atoms with Gasteiger partial charge in [-0.3, -0.25) is 9.88 Å². The summed E-state index contributed by atoms with van der Waals surface area (Å²) >= 11 is 0. The van der Waals surface area contributed by atoms with Crippen LogP contribution in [0.15, 0.2) is 24.4 Å². The fourth-order valence-corrected chi connectivity index (χ4v) is 2.82. The summed E-state index contributed by atoms with van der Waals surface area (Å²) in [6.45, 7) is 11.6. The Bertz CT molecular complexity index is 390. The van der Waals surface area contributed by atoms with Gasteiger partial charge in [0, 0.05) is 37.9 Å². The second-order valence-electron chi connectivity index (χ2n) is 6.34. The van der Waals surface area contributed by atoms with Gasteiger partial charge in [0.2, 0.25) is 0 Å². The van der Waals surface area contributed by atoms with Crippen molar-refractivity contribution >= 4 is 0 Å². The Morgan fingerprint density at radius 3 is 2.62 bits per heavy atom. The second-order valence-corrected chi connectivity index (χ2v) is 6.34. The average molecular weight is 291 g/mol. The Balaban J connectivity index is 1.89. The molecule has 1 fully saturated rings. The van der Waals surface area contributed by atoms with Gasteiger partial charge in [0.25, 0.3) is 0 Å². The van der Waals surface area contributed by atoms with Crippen LogP contribution in [-0.4, -0.2) is 48.8 Å². The lowest BCUT2D eigenvalue weighted by Crippen LogP contribution is -2.47. The van der Waals surface area contributed by atoms with E-state index in [2.05, 4.69) is 48.1 Å². The summed E-state index contributed by atoms with van der Waals surface area (Å²) in [7, 11) is 0. The molecule has 1 aromatic heterocycles. The molecule has 4 heteroatoms. The van der Waals surface area contributed by atoms with Gasteiger partial charge in [-0.1, -0.05) is 19.9 Å². The summed E-state index contributed by atoms with van der Waals surface area (Å²) in [5.74, 6) is 0.656. The van der Waals surface area contributed by atoms with E-state index in [1.54, 1.807) is 0 Å². The quantitative estimate of drug-likeness (QED) is 0.837. The lowest BCUT2D eigenvalue weighted by atomic mass is 10.0. The van der Waals surface area contributed by atoms with Gasteiger partial charge in [-0.25, -0.2) is 0 Å². The normalized spacial score (nSPS) is 19.6. The highest BCUT2D eigenvalue weighted by molar-refractivity contribution is 5.08. The van der Waals surface area contributed by atoms with Crippen molar-refractivity contribution in [2.45, 2.75) is 39.3 Å². The Morgan fingerprint density at radius 1 is 1.24 bits per heavy atom. The van der Waals surface area contributed by atoms with Gasteiger partial charge in [0.1, 0.15) is 0 Å². The predicted octanol–water partition coefficient (Wildman–Crippen LogP) is 2.48. The molecule has 0 unspecified atom stereocenters. The molecule has 0 aromatic carbocycles. The van der Waals surface area contributed by atoms with Gasteiger partial charge in [-0.2, -0.15) is 0 Å². The van der Waals surface area contributed by atoms with Crippen molar-refractivity contribution in [2.24, 2.45) is 5.92 Å². The maximum absolute atomic E-state index is 5.43. The van der Waals surface area contributed by atoms with E-state index in [0.29, 0.717) is 18.0 Å². The van der Waals surface area contributed by atoms with Crippen LogP contribution >= 0.6 is 0 Å². The number of nitrogens with zero attached hydrogens (tertiary/aromatic N) is 2. The molecule has 21 heavy (non-hydrogen) atoms. The molecular weight excluding hydrogens is 262 g/mol. The third-order valence-corrected chi connectivity index (χ3v) is 4.08. The third kappa shape index (κ3) is 5.38. The first-order chi connectivity index (χ1) is 10.2. The number of ether oxygens (including phenoxy) is 1. The second kappa shape index (κ2) is 8.47. The van der Waals surface area contributed by atoms with Crippen molar-refractivity contribution in [1.82, 2.24) is 15.2 Å². The predicted molar refractivity (Wildman–Crippen MR) is 86.3 cm³/mol. The molecule has 1 saturated heterocycles. The number of aromatic nitrogens is 1. The van der Waals surface area contributed by atoms with Gasteiger partial charge in [-0.15, -0.1) is 0 Å². The molecule has 0 aliphatic carbocycles. The fraction of sp³-hybridized carbons (Fsp3) is 0.706. The number of morpholine rings is 1. The van der Waals surface area contributed by atoms with Gasteiger partial charge >= 0.3 is 0 Å². The molecule has 0 saturated carbocycles. The van der Waals surface area contributed by atoms with Crippen LogP contribution in [0.25, 0.3) is 0 Å². The molecule has 1 aliphatic heterocycles. The van der Waals surface area contributed by atoms with E-state index < -0.39 is 0 Å². The first kappa shape index (κ1) is 16.4. The van der Waals surface area contributed by atoms with Crippen LogP contribution in [0.2, 0.25) is 0 Å². The van der Waals surface area contributed by atoms with E-state index in [9.17, 15) is 0 Å². The summed E-state index contributed by atoms with van der Waals surface area (Å²) in [5.41, 5.74) is 1.15. The van der Waals surface area contributed by atoms with Crippen LogP contribution in [0.3, 0.4) is 0 Å². The number of hydrogen-bond donors (Lipinski definition) is 1. The van der Waals surface area contributed by atoms with Crippen LogP contribution in [0, 0.1) is 5.92 Å². The number of rotatable bonds is 7. The minimum atomic E-state index is 0.342. The summed E-state index contributed by atoms with van der Waals surface area (Å²) in [6.07, 6.45) is 3.00. The molecule has 1 aliphatic rings. The van der Waals surface area contributed by atoms with Crippen LogP contribution in [0.5, 0.6) is 0 Å². The molecule has 1 aromatic rings. The van der Waals surface area contributed by atoms with E-state index in [1.807, 2.05) is 12.3 Å². The minimum absolute atomic E-state index is 0.342. The van der Waals surface area contributed by atoms with E-state index in [-0.39, 0.29) is 0 Å². The summed E-state index contributed by atoms with van der Waals surface area (Å²) in [5, 5.41) is 3.72. The third-order valence-electron chi connectivity index (χ3n) is 4.08. The molecule has 2 rings (SSSR count). The zero-order chi connectivity index (χ0) is 15.1. The van der Waals surface area contributed by atoms with E-state index >= 15 is 0 Å². The molecule has 0 spiro atoms. The highest BCUT2D eigenvalue weighted by atomic mass is 16.5. The van der Waals surface area contributed by atoms with Crippen molar-refractivity contribution in [2.75, 3.05) is 32.8 Å². The maximum atomic E-state index is 5.43. The molecule has 2 atom stereocenters. The summed E-state index contributed by atoms with van der Waals surface area (Å²) < 4.78 is 5.43. The highest BCUT2D eigenvalue weighted by Gasteiger charge is 2.19. The lowest BCUT2D eigenvalue weighted by molar-refractivity contribution is 0.0197. The monoisotopic (exact) mass is 291 g/mol. The van der Waals surface area contributed by atoms with Crippen LogP contribution < -0.4 is 5.32 Å². The standard InChI is InChI=1S/C17H29N3O/c1-14(2)12-17(16-6-4-5-7-18-16)19-13-15(3)20-8-10-21-11-9-20/h4-7,14-15,17,19H,8-13H2,1-3H3/t15-,17-/m1/s1. The topological polar surface area (TPSA) is 37.4 Å². The first-order valence-corrected chi connectivity index (χ1v) is 8.13. The highest BCUT2D eigenvalue weighted by Crippen LogP contribution is 2.19. The Labute approximate surface area is 128 Å². The maximum Gasteiger partial charge on any atom is 0.0594 e. The van der Waals surface area contributed by atoms with Crippen molar-refractivity contribution in [3.63, 3.8) is 0 Å². The van der Waals surface area contributed by atoms with Crippen molar-refractivity contribution < 1.29 is 4.74 Å². The Hall–Kier alpha value is -0.970. The molecule has 2 heterocycles. The zero-order valence-corrected chi connectivity index (χ0v) is 13.6. The van der Waals surface area contributed by atoms with E-state index in [0.717, 1.165) is 45.0 Å². The van der Waals surface area contributed by atoms with E-state index in [4.69, 9.17) is 4.74 Å².